The van der Waals surface area contributed by atoms with Gasteiger partial charge in [-0.15, -0.1) is 5.75 Å². The van der Waals surface area contributed by atoms with E-state index in [0.717, 1.165) is 11.9 Å². The third-order valence-electron chi connectivity index (χ3n) is 2.60. The van der Waals surface area contributed by atoms with Crippen LogP contribution in [-0.4, -0.2) is 11.9 Å². The van der Waals surface area contributed by atoms with Crippen molar-refractivity contribution >= 4 is 31.2 Å². The first-order valence-electron chi connectivity index (χ1n) is 5.46. The van der Waals surface area contributed by atoms with E-state index in [2.05, 4.69) is 60.7 Å². The Morgan fingerprint density at radius 1 is 0.737 bits per heavy atom. The van der Waals surface area contributed by atoms with Crippen LogP contribution >= 0.6 is 7.92 Å². The average Bonchev–Trinajstić information content (AvgIpc) is 2.38. The first-order valence-corrected chi connectivity index (χ1v) is 7.75. The standard InChI is InChI=1S/C14H15PS.2CH3.Cr/c16-12-11-15(13-7-3-1-4-8-13)14-9-5-2-6-10-14;;;/h1-10,16H,11-12H2;2*1H3;/q;2*-1;+3. The first-order chi connectivity index (χ1) is 7.92. The summed E-state index contributed by atoms with van der Waals surface area (Å²) in [5, 5.41) is 2.92. The third-order valence-corrected chi connectivity index (χ3v) is 5.97. The van der Waals surface area contributed by atoms with Gasteiger partial charge in [-0.1, -0.05) is 36.4 Å². The van der Waals surface area contributed by atoms with Crippen molar-refractivity contribution in [2.24, 2.45) is 0 Å². The van der Waals surface area contributed by atoms with Crippen molar-refractivity contribution in [1.82, 2.24) is 0 Å². The Labute approximate surface area is 135 Å². The van der Waals surface area contributed by atoms with E-state index in [4.69, 9.17) is 12.6 Å². The molecular formula is C16H21CrPS+. The molecule has 0 spiro atoms. The second-order valence-corrected chi connectivity index (χ2v) is 6.68. The van der Waals surface area contributed by atoms with Crippen LogP contribution in [0.1, 0.15) is 0 Å². The zero-order valence-electron chi connectivity index (χ0n) is 11.5. The fourth-order valence-electron chi connectivity index (χ4n) is 1.84. The van der Waals surface area contributed by atoms with Crippen molar-refractivity contribution in [2.75, 3.05) is 11.9 Å². The molecule has 0 amide bonds. The van der Waals surface area contributed by atoms with Crippen LogP contribution in [-0.2, 0) is 30.0 Å². The van der Waals surface area contributed by atoms with Gasteiger partial charge in [0.25, 0.3) is 0 Å². The predicted molar refractivity (Wildman–Crippen MR) is 90.4 cm³/mol. The summed E-state index contributed by atoms with van der Waals surface area (Å²) in [6.07, 6.45) is 1.13. The van der Waals surface area contributed by atoms with Gasteiger partial charge < -0.3 is 27.5 Å². The molecule has 0 aliphatic rings. The minimum Gasteiger partial charge on any atom is -0.789 e. The van der Waals surface area contributed by atoms with E-state index in [-0.39, 0.29) is 32.2 Å². The molecular weight excluding hydrogens is 307 g/mol. The van der Waals surface area contributed by atoms with Crippen LogP contribution in [0.4, 0.5) is 0 Å². The van der Waals surface area contributed by atoms with Crippen LogP contribution in [0, 0.1) is 14.9 Å². The summed E-state index contributed by atoms with van der Waals surface area (Å²) >= 11 is 5.15. The predicted octanol–water partition coefficient (Wildman–Crippen LogP) is 3.30. The first kappa shape index (κ1) is 21.1. The molecule has 2 rings (SSSR count). The molecule has 0 fully saturated rings. The third kappa shape index (κ3) is 6.16. The number of rotatable bonds is 4. The van der Waals surface area contributed by atoms with Gasteiger partial charge in [0.1, 0.15) is 0 Å². The number of hydrogen-bond donors (Lipinski definition) is 0. The average molecular weight is 328 g/mol. The fourth-order valence-corrected chi connectivity index (χ4v) is 4.75. The van der Waals surface area contributed by atoms with Gasteiger partial charge in [-0.25, -0.2) is 0 Å². The van der Waals surface area contributed by atoms with E-state index in [9.17, 15) is 0 Å². The van der Waals surface area contributed by atoms with Gasteiger partial charge >= 0.3 is 17.4 Å². The molecule has 0 aromatic heterocycles. The molecule has 1 radical (unpaired) electrons. The van der Waals surface area contributed by atoms with E-state index in [1.54, 1.807) is 0 Å². The smallest absolute Gasteiger partial charge is 0.789 e. The van der Waals surface area contributed by atoms with Gasteiger partial charge in [-0.3, -0.25) is 0 Å². The van der Waals surface area contributed by atoms with Crippen molar-refractivity contribution < 1.29 is 17.4 Å². The molecule has 0 saturated heterocycles. The minimum absolute atomic E-state index is 0. The fraction of sp³-hybridized carbons (Fsp3) is 0.125. The van der Waals surface area contributed by atoms with Crippen molar-refractivity contribution in [1.29, 1.82) is 0 Å². The zero-order valence-corrected chi connectivity index (χ0v) is 14.6. The van der Waals surface area contributed by atoms with Crippen LogP contribution in [0.5, 0.6) is 0 Å². The van der Waals surface area contributed by atoms with Gasteiger partial charge in [-0.2, -0.15) is 0 Å². The molecule has 101 valence electrons. The Morgan fingerprint density at radius 2 is 1.11 bits per heavy atom. The van der Waals surface area contributed by atoms with Crippen LogP contribution in [0.2, 0.25) is 0 Å². The molecule has 0 bridgehead atoms. The van der Waals surface area contributed by atoms with Crippen molar-refractivity contribution in [2.45, 2.75) is 0 Å². The molecule has 0 nitrogen and oxygen atoms in total. The summed E-state index contributed by atoms with van der Waals surface area (Å²) in [5.41, 5.74) is 0. The quantitative estimate of drug-likeness (QED) is 0.471. The summed E-state index contributed by atoms with van der Waals surface area (Å²) in [4.78, 5) is 0. The van der Waals surface area contributed by atoms with Gasteiger partial charge in [0.15, 0.2) is 0 Å². The maximum atomic E-state index is 5.15. The van der Waals surface area contributed by atoms with Gasteiger partial charge in [0.2, 0.25) is 0 Å². The van der Waals surface area contributed by atoms with E-state index < -0.39 is 7.92 Å². The van der Waals surface area contributed by atoms with Gasteiger partial charge in [-0.05, 0) is 24.3 Å². The molecule has 0 atom stereocenters. The van der Waals surface area contributed by atoms with E-state index in [0.29, 0.717) is 0 Å². The maximum Gasteiger partial charge on any atom is 3.00 e. The van der Waals surface area contributed by atoms with Crippen molar-refractivity contribution in [3.63, 3.8) is 0 Å². The monoisotopic (exact) mass is 328 g/mol. The van der Waals surface area contributed by atoms with E-state index in [1.165, 1.54) is 10.6 Å². The molecule has 0 unspecified atom stereocenters. The van der Waals surface area contributed by atoms with Crippen LogP contribution in [0.15, 0.2) is 60.7 Å². The molecule has 0 aliphatic heterocycles. The molecule has 0 heterocycles. The van der Waals surface area contributed by atoms with E-state index >= 15 is 0 Å². The largest absolute Gasteiger partial charge is 3.00 e. The summed E-state index contributed by atoms with van der Waals surface area (Å²) in [7, 11) is -0.655. The molecule has 0 aliphatic carbocycles. The van der Waals surface area contributed by atoms with Crippen molar-refractivity contribution in [3.05, 3.63) is 75.5 Å². The second-order valence-electron chi connectivity index (χ2n) is 3.66. The Kier molecular flexibility index (Phi) is 12.8. The maximum absolute atomic E-state index is 5.15. The summed E-state index contributed by atoms with van der Waals surface area (Å²) in [5.74, 6) is 0.845. The summed E-state index contributed by atoms with van der Waals surface area (Å²) < 4.78 is 0. The summed E-state index contributed by atoms with van der Waals surface area (Å²) in [6, 6.07) is 21.5. The molecule has 2 aromatic carbocycles. The minimum atomic E-state index is -0.655. The zero-order chi connectivity index (χ0) is 11.2. The molecule has 2 aromatic rings. The Hall–Kier alpha value is -0.248. The van der Waals surface area contributed by atoms with Gasteiger partial charge in [0.05, 0.1) is 18.5 Å². The Balaban J connectivity index is 0. The Bertz CT molecular complexity index is 380. The Morgan fingerprint density at radius 3 is 1.42 bits per heavy atom. The van der Waals surface area contributed by atoms with Gasteiger partial charge in [0, 0.05) is 6.16 Å². The van der Waals surface area contributed by atoms with Crippen LogP contribution in [0.25, 0.3) is 0 Å². The normalized spacial score (nSPS) is 8.95. The van der Waals surface area contributed by atoms with Crippen LogP contribution < -0.4 is 10.6 Å². The molecule has 0 N–H and O–H groups in total. The molecule has 0 saturated carbocycles. The number of benzene rings is 2. The number of hydrogen-bond acceptors (Lipinski definition) is 1. The second kappa shape index (κ2) is 11.6. The van der Waals surface area contributed by atoms with Crippen molar-refractivity contribution in [3.8, 4) is 0 Å². The van der Waals surface area contributed by atoms with Crippen LogP contribution in [0.3, 0.4) is 0 Å². The topological polar surface area (TPSA) is 0 Å². The SMILES string of the molecule is [CH3-].[CH3-].[Cr+3].[S-]CC[PH+](c1ccccc1)c1ccccc1. The van der Waals surface area contributed by atoms with E-state index in [1.807, 2.05) is 0 Å². The molecule has 3 heteroatoms. The molecule has 19 heavy (non-hydrogen) atoms. The summed E-state index contributed by atoms with van der Waals surface area (Å²) in [6.45, 7) is 0.